The number of nitrogens with two attached hydrogens (primary N) is 1. The van der Waals surface area contributed by atoms with Crippen molar-refractivity contribution in [2.24, 2.45) is 0 Å². The van der Waals surface area contributed by atoms with Crippen LogP contribution in [0.25, 0.3) is 11.3 Å². The third-order valence-corrected chi connectivity index (χ3v) is 4.76. The van der Waals surface area contributed by atoms with Gasteiger partial charge in [0.2, 0.25) is 11.1 Å². The van der Waals surface area contributed by atoms with E-state index in [2.05, 4.69) is 20.5 Å². The van der Waals surface area contributed by atoms with Crippen molar-refractivity contribution in [3.05, 3.63) is 41.3 Å². The van der Waals surface area contributed by atoms with E-state index in [9.17, 15) is 9.18 Å². The Morgan fingerprint density at radius 2 is 2.12 bits per heavy atom. The van der Waals surface area contributed by atoms with Gasteiger partial charge in [-0.1, -0.05) is 11.8 Å². The molecule has 2 heterocycles. The molecule has 1 amide bonds. The number of aromatic nitrogens is 4. The van der Waals surface area contributed by atoms with Crippen LogP contribution >= 0.6 is 23.1 Å². The summed E-state index contributed by atoms with van der Waals surface area (Å²) in [5.74, 6) is 5.91. The van der Waals surface area contributed by atoms with E-state index in [0.717, 1.165) is 5.56 Å². The van der Waals surface area contributed by atoms with Gasteiger partial charge in [-0.05, 0) is 31.2 Å². The maximum Gasteiger partial charge on any atom is 0.236 e. The van der Waals surface area contributed by atoms with Gasteiger partial charge < -0.3 is 11.2 Å². The average molecular weight is 364 g/mol. The molecule has 0 bridgehead atoms. The van der Waals surface area contributed by atoms with Crippen LogP contribution < -0.4 is 11.2 Å². The molecule has 0 aliphatic heterocycles. The molecule has 3 aromatic rings. The summed E-state index contributed by atoms with van der Waals surface area (Å²) in [6.07, 6.45) is 0. The standard InChI is InChI=1S/C14H13FN6OS2/c1-8-19-20-14(21(8)16)24-7-12(22)18-13-17-11(6-23-13)9-2-4-10(15)5-3-9/h2-6H,7,16H2,1H3,(H,17,18,22). The Balaban J connectivity index is 1.59. The van der Waals surface area contributed by atoms with Gasteiger partial charge >= 0.3 is 0 Å². The van der Waals surface area contributed by atoms with Crippen molar-refractivity contribution in [3.63, 3.8) is 0 Å². The lowest BCUT2D eigenvalue weighted by atomic mass is 10.2. The molecule has 0 spiro atoms. The van der Waals surface area contributed by atoms with Gasteiger partial charge in [0.15, 0.2) is 5.13 Å². The van der Waals surface area contributed by atoms with E-state index in [1.54, 1.807) is 24.4 Å². The Labute approximate surface area is 145 Å². The highest BCUT2D eigenvalue weighted by Crippen LogP contribution is 2.25. The number of thiazole rings is 1. The fraction of sp³-hybridized carbons (Fsp3) is 0.143. The zero-order valence-electron chi connectivity index (χ0n) is 12.6. The first kappa shape index (κ1) is 16.4. The molecule has 0 saturated carbocycles. The fourth-order valence-electron chi connectivity index (χ4n) is 1.82. The SMILES string of the molecule is Cc1nnc(SCC(=O)Nc2nc(-c3ccc(F)cc3)cs2)n1N. The number of carbonyl (C=O) groups is 1. The van der Waals surface area contributed by atoms with Gasteiger partial charge in [-0.25, -0.2) is 14.1 Å². The van der Waals surface area contributed by atoms with Gasteiger partial charge in [0, 0.05) is 10.9 Å². The number of amides is 1. The normalized spacial score (nSPS) is 10.8. The number of nitrogens with one attached hydrogen (secondary N) is 1. The van der Waals surface area contributed by atoms with E-state index in [4.69, 9.17) is 5.84 Å². The molecule has 10 heteroatoms. The highest BCUT2D eigenvalue weighted by molar-refractivity contribution is 7.99. The minimum atomic E-state index is -0.303. The number of benzene rings is 1. The predicted molar refractivity (Wildman–Crippen MR) is 91.8 cm³/mol. The van der Waals surface area contributed by atoms with Gasteiger partial charge in [-0.15, -0.1) is 21.5 Å². The average Bonchev–Trinajstić information content (AvgIpc) is 3.15. The molecule has 1 aromatic carbocycles. The van der Waals surface area contributed by atoms with Gasteiger partial charge in [-0.2, -0.15) is 0 Å². The quantitative estimate of drug-likeness (QED) is 0.532. The van der Waals surface area contributed by atoms with E-state index >= 15 is 0 Å². The first-order chi connectivity index (χ1) is 11.5. The van der Waals surface area contributed by atoms with Crippen LogP contribution in [0.5, 0.6) is 0 Å². The van der Waals surface area contributed by atoms with Crippen molar-refractivity contribution in [1.82, 2.24) is 19.9 Å². The van der Waals surface area contributed by atoms with Crippen LogP contribution in [-0.4, -0.2) is 31.5 Å². The zero-order chi connectivity index (χ0) is 17.1. The van der Waals surface area contributed by atoms with Crippen molar-refractivity contribution in [1.29, 1.82) is 0 Å². The predicted octanol–water partition coefficient (Wildman–Crippen LogP) is 2.29. The highest BCUT2D eigenvalue weighted by atomic mass is 32.2. The van der Waals surface area contributed by atoms with E-state index in [0.29, 0.717) is 21.8 Å². The Morgan fingerprint density at radius 3 is 2.79 bits per heavy atom. The van der Waals surface area contributed by atoms with E-state index in [1.807, 2.05) is 0 Å². The van der Waals surface area contributed by atoms with Crippen molar-refractivity contribution >= 4 is 34.1 Å². The minimum Gasteiger partial charge on any atom is -0.336 e. The summed E-state index contributed by atoms with van der Waals surface area (Å²) < 4.78 is 14.3. The summed E-state index contributed by atoms with van der Waals surface area (Å²) in [5, 5.41) is 13.2. The number of thioether (sulfide) groups is 1. The zero-order valence-corrected chi connectivity index (χ0v) is 14.2. The van der Waals surface area contributed by atoms with Gasteiger partial charge in [0.1, 0.15) is 11.6 Å². The minimum absolute atomic E-state index is 0.140. The third-order valence-electron chi connectivity index (χ3n) is 3.06. The van der Waals surface area contributed by atoms with Crippen LogP contribution in [0.15, 0.2) is 34.8 Å². The third kappa shape index (κ3) is 3.71. The molecule has 0 aliphatic rings. The molecule has 0 radical (unpaired) electrons. The summed E-state index contributed by atoms with van der Waals surface area (Å²) in [6.45, 7) is 1.73. The summed E-state index contributed by atoms with van der Waals surface area (Å²) in [7, 11) is 0. The fourth-order valence-corrected chi connectivity index (χ4v) is 3.26. The first-order valence-corrected chi connectivity index (χ1v) is 8.70. The van der Waals surface area contributed by atoms with Crippen molar-refractivity contribution < 1.29 is 9.18 Å². The summed E-state index contributed by atoms with van der Waals surface area (Å²) in [4.78, 5) is 16.3. The van der Waals surface area contributed by atoms with Gasteiger partial charge in [-0.3, -0.25) is 4.79 Å². The van der Waals surface area contributed by atoms with Gasteiger partial charge in [0.05, 0.1) is 11.4 Å². The monoisotopic (exact) mass is 364 g/mol. The first-order valence-electron chi connectivity index (χ1n) is 6.84. The topological polar surface area (TPSA) is 98.7 Å². The lowest BCUT2D eigenvalue weighted by Gasteiger charge is -2.02. The molecule has 2 aromatic heterocycles. The van der Waals surface area contributed by atoms with Crippen LogP contribution in [0.3, 0.4) is 0 Å². The van der Waals surface area contributed by atoms with Crippen LogP contribution in [0, 0.1) is 12.7 Å². The van der Waals surface area contributed by atoms with Crippen LogP contribution in [0.1, 0.15) is 5.82 Å². The summed E-state index contributed by atoms with van der Waals surface area (Å²) in [5.41, 5.74) is 1.47. The molecule has 124 valence electrons. The molecule has 0 fully saturated rings. The molecule has 3 N–H and O–H groups in total. The molecular weight excluding hydrogens is 351 g/mol. The van der Waals surface area contributed by atoms with Crippen molar-refractivity contribution in [2.45, 2.75) is 12.1 Å². The molecule has 24 heavy (non-hydrogen) atoms. The molecule has 3 rings (SSSR count). The number of aryl methyl sites for hydroxylation is 1. The highest BCUT2D eigenvalue weighted by Gasteiger charge is 2.12. The van der Waals surface area contributed by atoms with E-state index in [-0.39, 0.29) is 17.5 Å². The number of halogens is 1. The number of anilines is 1. The van der Waals surface area contributed by atoms with Crippen molar-refractivity contribution in [3.8, 4) is 11.3 Å². The Bertz CT molecular complexity index is 861. The van der Waals surface area contributed by atoms with Gasteiger partial charge in [0.25, 0.3) is 0 Å². The van der Waals surface area contributed by atoms with Crippen LogP contribution in [0.2, 0.25) is 0 Å². The number of nitrogens with zero attached hydrogens (tertiary/aromatic N) is 4. The number of rotatable bonds is 5. The largest absolute Gasteiger partial charge is 0.336 e. The lowest BCUT2D eigenvalue weighted by molar-refractivity contribution is -0.113. The van der Waals surface area contributed by atoms with E-state index < -0.39 is 0 Å². The summed E-state index contributed by atoms with van der Waals surface area (Å²) in [6, 6.07) is 6.02. The van der Waals surface area contributed by atoms with E-state index in [1.165, 1.54) is 39.9 Å². The second-order valence-electron chi connectivity index (χ2n) is 4.78. The molecule has 0 atom stereocenters. The maximum absolute atomic E-state index is 12.9. The summed E-state index contributed by atoms with van der Waals surface area (Å²) >= 11 is 2.49. The molecule has 0 unspecified atom stereocenters. The van der Waals surface area contributed by atoms with Crippen molar-refractivity contribution in [2.75, 3.05) is 16.9 Å². The molecule has 0 saturated heterocycles. The van der Waals surface area contributed by atoms with Crippen LogP contribution in [0.4, 0.5) is 9.52 Å². The number of hydrogen-bond donors (Lipinski definition) is 2. The molecular formula is C14H13FN6OS2. The maximum atomic E-state index is 12.9. The second-order valence-corrected chi connectivity index (χ2v) is 6.58. The lowest BCUT2D eigenvalue weighted by Crippen LogP contribution is -2.16. The second kappa shape index (κ2) is 6.97. The van der Waals surface area contributed by atoms with Crippen LogP contribution in [-0.2, 0) is 4.79 Å². The number of carbonyl (C=O) groups excluding carboxylic acids is 1. The Morgan fingerprint density at radius 1 is 1.38 bits per heavy atom. The smallest absolute Gasteiger partial charge is 0.236 e. The number of nitrogen functional groups attached to an aromatic ring is 1. The Kier molecular flexibility index (Phi) is 4.76. The number of hydrogen-bond acceptors (Lipinski definition) is 7. The molecule has 0 aliphatic carbocycles. The Hall–Kier alpha value is -2.46. The molecule has 7 nitrogen and oxygen atoms in total.